The number of fused-ring (bicyclic) bond motifs is 3. The van der Waals surface area contributed by atoms with Gasteiger partial charge in [0.05, 0.1) is 0 Å². The van der Waals surface area contributed by atoms with Gasteiger partial charge < -0.3 is 0 Å². The van der Waals surface area contributed by atoms with Crippen LogP contribution in [0.5, 0.6) is 0 Å². The predicted octanol–water partition coefficient (Wildman–Crippen LogP) is 17.2. The molecule has 10 aromatic rings. The van der Waals surface area contributed by atoms with Crippen LogP contribution in [0.4, 0.5) is 0 Å². The van der Waals surface area contributed by atoms with Crippen molar-refractivity contribution in [3.8, 4) is 67.5 Å². The molecule has 1 aromatic heterocycles. The average molecular weight is 856 g/mol. The standard InChI is InChI=1S/C63H57N3/c1-61(2,3)45-33-29-43(30-34-45)59-64-58(65-60(66-59)44-31-35-46(36-32-44)62(4,5)6)42-27-25-41(26-28-42)49-20-12-13-21-50(49)57-53-23-15-14-22-52(53)56(51-24-16-18-40-17-10-11-19-48(40)51)54-38-37-47(39-55(54)57)63(7,8)9/h10-39H,1-9H3. The van der Waals surface area contributed by atoms with Crippen LogP contribution in [-0.4, -0.2) is 15.0 Å². The Bertz CT molecular complexity index is 3350. The molecule has 9 aromatic carbocycles. The van der Waals surface area contributed by atoms with E-state index in [1.165, 1.54) is 76.8 Å². The fraction of sp³-hybridized carbons (Fsp3) is 0.190. The zero-order valence-electron chi connectivity index (χ0n) is 39.7. The molecule has 10 rings (SSSR count). The van der Waals surface area contributed by atoms with Gasteiger partial charge in [-0.25, -0.2) is 15.0 Å². The first kappa shape index (κ1) is 42.7. The Hall–Kier alpha value is -7.23. The first-order valence-electron chi connectivity index (χ1n) is 23.3. The summed E-state index contributed by atoms with van der Waals surface area (Å²) < 4.78 is 0. The minimum absolute atomic E-state index is 0.0351. The smallest absolute Gasteiger partial charge is 0.164 e. The Morgan fingerprint density at radius 1 is 0.273 bits per heavy atom. The lowest BCUT2D eigenvalue weighted by molar-refractivity contribution is 0.590. The molecular weight excluding hydrogens is 799 g/mol. The molecule has 66 heavy (non-hydrogen) atoms. The second kappa shape index (κ2) is 16.3. The Kier molecular flexibility index (Phi) is 10.6. The highest BCUT2D eigenvalue weighted by atomic mass is 15.0. The summed E-state index contributed by atoms with van der Waals surface area (Å²) in [6.45, 7) is 20.3. The Morgan fingerprint density at radius 3 is 1.15 bits per heavy atom. The number of benzene rings is 9. The van der Waals surface area contributed by atoms with Gasteiger partial charge >= 0.3 is 0 Å². The van der Waals surface area contributed by atoms with Gasteiger partial charge in [0, 0.05) is 16.7 Å². The van der Waals surface area contributed by atoms with Crippen molar-refractivity contribution < 1.29 is 0 Å². The molecule has 0 radical (unpaired) electrons. The zero-order chi connectivity index (χ0) is 46.0. The summed E-state index contributed by atoms with van der Waals surface area (Å²) in [5.74, 6) is 1.96. The monoisotopic (exact) mass is 855 g/mol. The molecule has 0 unspecified atom stereocenters. The highest BCUT2D eigenvalue weighted by molar-refractivity contribution is 6.24. The van der Waals surface area contributed by atoms with Gasteiger partial charge in [-0.15, -0.1) is 0 Å². The summed E-state index contributed by atoms with van der Waals surface area (Å²) >= 11 is 0. The van der Waals surface area contributed by atoms with E-state index in [0.717, 1.165) is 22.3 Å². The maximum atomic E-state index is 5.14. The maximum absolute atomic E-state index is 5.14. The summed E-state index contributed by atoms with van der Waals surface area (Å²) in [5.41, 5.74) is 14.0. The van der Waals surface area contributed by atoms with E-state index < -0.39 is 0 Å². The molecule has 0 saturated heterocycles. The van der Waals surface area contributed by atoms with E-state index in [-0.39, 0.29) is 16.2 Å². The normalized spacial score (nSPS) is 12.3. The van der Waals surface area contributed by atoms with Crippen molar-refractivity contribution in [1.29, 1.82) is 0 Å². The van der Waals surface area contributed by atoms with Crippen molar-refractivity contribution in [2.75, 3.05) is 0 Å². The summed E-state index contributed by atoms with van der Waals surface area (Å²) in [5, 5.41) is 7.48. The molecule has 3 nitrogen and oxygen atoms in total. The van der Waals surface area contributed by atoms with Gasteiger partial charge in [-0.1, -0.05) is 238 Å². The molecule has 0 saturated carbocycles. The van der Waals surface area contributed by atoms with E-state index in [2.05, 4.69) is 244 Å². The quantitative estimate of drug-likeness (QED) is 0.156. The van der Waals surface area contributed by atoms with Crippen LogP contribution in [0.2, 0.25) is 0 Å². The molecule has 1 heterocycles. The molecule has 0 aliphatic carbocycles. The fourth-order valence-electron chi connectivity index (χ4n) is 9.42. The average Bonchev–Trinajstić information content (AvgIpc) is 3.32. The lowest BCUT2D eigenvalue weighted by atomic mass is 9.80. The van der Waals surface area contributed by atoms with Crippen molar-refractivity contribution in [3.63, 3.8) is 0 Å². The number of hydrogen-bond acceptors (Lipinski definition) is 3. The highest BCUT2D eigenvalue weighted by Crippen LogP contribution is 2.48. The lowest BCUT2D eigenvalue weighted by Gasteiger charge is -2.24. The van der Waals surface area contributed by atoms with Crippen LogP contribution in [0.1, 0.15) is 79.0 Å². The summed E-state index contributed by atoms with van der Waals surface area (Å²) in [6.07, 6.45) is 0. The van der Waals surface area contributed by atoms with Gasteiger partial charge in [-0.05, 0) is 105 Å². The maximum Gasteiger partial charge on any atom is 0.164 e. The van der Waals surface area contributed by atoms with Crippen LogP contribution < -0.4 is 0 Å². The number of nitrogens with zero attached hydrogens (tertiary/aromatic N) is 3. The van der Waals surface area contributed by atoms with Gasteiger partial charge in [-0.3, -0.25) is 0 Å². The van der Waals surface area contributed by atoms with Crippen molar-refractivity contribution in [3.05, 3.63) is 199 Å². The summed E-state index contributed by atoms with van der Waals surface area (Å²) in [7, 11) is 0. The van der Waals surface area contributed by atoms with Crippen LogP contribution in [0.3, 0.4) is 0 Å². The second-order valence-corrected chi connectivity index (χ2v) is 20.9. The number of hydrogen-bond donors (Lipinski definition) is 0. The second-order valence-electron chi connectivity index (χ2n) is 20.9. The molecule has 0 spiro atoms. The molecule has 324 valence electrons. The summed E-state index contributed by atoms with van der Waals surface area (Å²) in [6, 6.07) is 66.6. The molecule has 3 heteroatoms. The topological polar surface area (TPSA) is 38.7 Å². The van der Waals surface area contributed by atoms with E-state index >= 15 is 0 Å². The first-order chi connectivity index (χ1) is 31.6. The molecule has 0 N–H and O–H groups in total. The van der Waals surface area contributed by atoms with Gasteiger partial charge in [0.2, 0.25) is 0 Å². The van der Waals surface area contributed by atoms with Crippen molar-refractivity contribution >= 4 is 32.3 Å². The molecule has 0 atom stereocenters. The van der Waals surface area contributed by atoms with E-state index in [9.17, 15) is 0 Å². The van der Waals surface area contributed by atoms with Crippen LogP contribution >= 0.6 is 0 Å². The largest absolute Gasteiger partial charge is 0.208 e. The molecule has 0 aliphatic rings. The van der Waals surface area contributed by atoms with Gasteiger partial charge in [-0.2, -0.15) is 0 Å². The van der Waals surface area contributed by atoms with Gasteiger partial charge in [0.25, 0.3) is 0 Å². The molecule has 0 aliphatic heterocycles. The highest BCUT2D eigenvalue weighted by Gasteiger charge is 2.23. The van der Waals surface area contributed by atoms with E-state index in [1.807, 2.05) is 0 Å². The predicted molar refractivity (Wildman–Crippen MR) is 281 cm³/mol. The SMILES string of the molecule is CC(C)(C)c1ccc(-c2nc(-c3ccc(-c4ccccc4-c4c5ccccc5c(-c5cccc6ccccc56)c5ccc(C(C)(C)C)cc45)cc3)nc(-c3ccc(C(C)(C)C)cc3)n2)cc1. The van der Waals surface area contributed by atoms with Crippen molar-refractivity contribution in [2.45, 2.75) is 78.6 Å². The third-order valence-electron chi connectivity index (χ3n) is 13.3. The number of rotatable bonds is 6. The van der Waals surface area contributed by atoms with Crippen molar-refractivity contribution in [2.24, 2.45) is 0 Å². The van der Waals surface area contributed by atoms with E-state index in [4.69, 9.17) is 15.0 Å². The van der Waals surface area contributed by atoms with Crippen LogP contribution in [0.25, 0.3) is 99.9 Å². The van der Waals surface area contributed by atoms with Crippen LogP contribution in [-0.2, 0) is 16.2 Å². The molecule has 0 bridgehead atoms. The molecule has 0 fully saturated rings. The van der Waals surface area contributed by atoms with Gasteiger partial charge in [0.15, 0.2) is 17.5 Å². The third kappa shape index (κ3) is 7.98. The van der Waals surface area contributed by atoms with E-state index in [0.29, 0.717) is 17.5 Å². The minimum atomic E-state index is -0.0351. The van der Waals surface area contributed by atoms with Crippen LogP contribution in [0.15, 0.2) is 182 Å². The fourth-order valence-corrected chi connectivity index (χ4v) is 9.42. The van der Waals surface area contributed by atoms with Crippen molar-refractivity contribution in [1.82, 2.24) is 15.0 Å². The van der Waals surface area contributed by atoms with E-state index in [1.54, 1.807) is 0 Å². The number of aromatic nitrogens is 3. The molecule has 0 amide bonds. The van der Waals surface area contributed by atoms with Gasteiger partial charge in [0.1, 0.15) is 0 Å². The summed E-state index contributed by atoms with van der Waals surface area (Å²) in [4.78, 5) is 15.4. The third-order valence-corrected chi connectivity index (χ3v) is 13.3. The zero-order valence-corrected chi connectivity index (χ0v) is 39.7. The Balaban J connectivity index is 1.13. The first-order valence-corrected chi connectivity index (χ1v) is 23.3. The lowest BCUT2D eigenvalue weighted by Crippen LogP contribution is -2.10. The Labute approximate surface area is 390 Å². The Morgan fingerprint density at radius 2 is 0.636 bits per heavy atom. The minimum Gasteiger partial charge on any atom is -0.208 e. The molecular formula is C63H57N3. The van der Waals surface area contributed by atoms with Crippen LogP contribution in [0, 0.1) is 0 Å².